The van der Waals surface area contributed by atoms with Crippen LogP contribution < -0.4 is 16.4 Å². The summed E-state index contributed by atoms with van der Waals surface area (Å²) in [4.78, 5) is 24.2. The lowest BCUT2D eigenvalue weighted by Gasteiger charge is -2.33. The number of pyridine rings is 2. The van der Waals surface area contributed by atoms with E-state index in [1.54, 1.807) is 18.5 Å². The first-order valence-corrected chi connectivity index (χ1v) is 11.8. The minimum Gasteiger partial charge on any atom is -0.390 e. The third kappa shape index (κ3) is 4.12. The first kappa shape index (κ1) is 22.4. The third-order valence-electron chi connectivity index (χ3n) is 6.11. The van der Waals surface area contributed by atoms with Crippen molar-refractivity contribution in [1.82, 2.24) is 9.97 Å². The Kier molecular flexibility index (Phi) is 5.97. The van der Waals surface area contributed by atoms with E-state index in [1.165, 1.54) is 35.7 Å². The molecule has 4 heterocycles. The highest BCUT2D eigenvalue weighted by Crippen LogP contribution is 2.37. The number of benzene rings is 1. The summed E-state index contributed by atoms with van der Waals surface area (Å²) < 4.78 is 29.1. The van der Waals surface area contributed by atoms with Crippen molar-refractivity contribution < 1.29 is 13.6 Å². The monoisotopic (exact) mass is 479 g/mol. The molecule has 5 rings (SSSR count). The zero-order valence-electron chi connectivity index (χ0n) is 18.3. The second kappa shape index (κ2) is 9.08. The molecule has 0 bridgehead atoms. The Morgan fingerprint density at radius 2 is 2.00 bits per heavy atom. The highest BCUT2D eigenvalue weighted by molar-refractivity contribution is 7.23. The van der Waals surface area contributed by atoms with Crippen LogP contribution >= 0.6 is 11.3 Å². The van der Waals surface area contributed by atoms with Crippen molar-refractivity contribution in [3.05, 3.63) is 71.7 Å². The molecule has 1 aromatic carbocycles. The summed E-state index contributed by atoms with van der Waals surface area (Å²) >= 11 is 1.18. The third-order valence-corrected chi connectivity index (χ3v) is 7.07. The molecule has 4 N–H and O–H groups in total. The summed E-state index contributed by atoms with van der Waals surface area (Å²) in [7, 11) is 0. The Labute approximate surface area is 199 Å². The smallest absolute Gasteiger partial charge is 0.172 e. The van der Waals surface area contributed by atoms with Gasteiger partial charge in [0.15, 0.2) is 5.78 Å². The number of nitrogens with zero attached hydrogens (tertiary/aromatic N) is 3. The zero-order chi connectivity index (χ0) is 23.8. The lowest BCUT2D eigenvalue weighted by atomic mass is 10.0. The number of anilines is 2. The predicted octanol–water partition coefficient (Wildman–Crippen LogP) is 4.57. The Morgan fingerprint density at radius 1 is 1.21 bits per heavy atom. The van der Waals surface area contributed by atoms with E-state index in [4.69, 9.17) is 11.5 Å². The topological polar surface area (TPSA) is 98.1 Å². The average molecular weight is 480 g/mol. The summed E-state index contributed by atoms with van der Waals surface area (Å²) in [6, 6.07) is 7.32. The maximum atomic E-state index is 14.2. The number of thiophene rings is 1. The molecule has 0 unspecified atom stereocenters. The van der Waals surface area contributed by atoms with Gasteiger partial charge in [-0.05, 0) is 37.1 Å². The fraction of sp³-hybridized carbons (Fsp3) is 0.240. The number of aromatic nitrogens is 2. The summed E-state index contributed by atoms with van der Waals surface area (Å²) in [5.74, 6) is -1.54. The Balaban J connectivity index is 1.48. The molecule has 0 spiro atoms. The molecule has 4 aromatic rings. The molecule has 1 fully saturated rings. The molecule has 0 radical (unpaired) electrons. The lowest BCUT2D eigenvalue weighted by molar-refractivity contribution is 0.0995. The highest BCUT2D eigenvalue weighted by atomic mass is 32.1. The molecule has 3 aromatic heterocycles. The minimum absolute atomic E-state index is 0.0969. The van der Waals surface area contributed by atoms with E-state index in [0.29, 0.717) is 26.3 Å². The van der Waals surface area contributed by atoms with Crippen LogP contribution in [0.15, 0.2) is 48.9 Å². The number of hydrogen-bond acceptors (Lipinski definition) is 7. The van der Waals surface area contributed by atoms with Gasteiger partial charge in [0.1, 0.15) is 11.6 Å². The molecular formula is C25H23F2N5OS. The lowest BCUT2D eigenvalue weighted by Crippen LogP contribution is -2.43. The highest BCUT2D eigenvalue weighted by Gasteiger charge is 2.24. The molecule has 6 nitrogen and oxygen atoms in total. The number of carbonyl (C=O) groups is 1. The van der Waals surface area contributed by atoms with E-state index in [1.807, 2.05) is 6.07 Å². The maximum absolute atomic E-state index is 14.2. The van der Waals surface area contributed by atoms with Crippen LogP contribution in [0.5, 0.6) is 0 Å². The molecule has 1 atom stereocenters. The first-order chi connectivity index (χ1) is 16.4. The van der Waals surface area contributed by atoms with Gasteiger partial charge >= 0.3 is 0 Å². The largest absolute Gasteiger partial charge is 0.390 e. The van der Waals surface area contributed by atoms with Crippen LogP contribution in [-0.2, 0) is 6.42 Å². The van der Waals surface area contributed by atoms with Crippen molar-refractivity contribution >= 4 is 38.0 Å². The first-order valence-electron chi connectivity index (χ1n) is 11.0. The van der Waals surface area contributed by atoms with E-state index >= 15 is 0 Å². The number of fused-ring (bicyclic) bond motifs is 1. The van der Waals surface area contributed by atoms with Crippen LogP contribution in [0.1, 0.15) is 28.8 Å². The Morgan fingerprint density at radius 3 is 2.76 bits per heavy atom. The molecule has 1 aliphatic rings. The van der Waals surface area contributed by atoms with Crippen molar-refractivity contribution in [2.45, 2.75) is 25.3 Å². The van der Waals surface area contributed by atoms with Crippen LogP contribution in [0.25, 0.3) is 21.3 Å². The van der Waals surface area contributed by atoms with Gasteiger partial charge in [-0.3, -0.25) is 14.8 Å². The van der Waals surface area contributed by atoms with Crippen molar-refractivity contribution in [2.75, 3.05) is 23.7 Å². The van der Waals surface area contributed by atoms with Crippen LogP contribution in [0.2, 0.25) is 0 Å². The number of hydrogen-bond donors (Lipinski definition) is 2. The van der Waals surface area contributed by atoms with Gasteiger partial charge in [0.25, 0.3) is 0 Å². The molecule has 34 heavy (non-hydrogen) atoms. The van der Waals surface area contributed by atoms with Crippen LogP contribution in [-0.4, -0.2) is 34.9 Å². The van der Waals surface area contributed by atoms with Gasteiger partial charge in [-0.15, -0.1) is 11.3 Å². The number of nitrogens with two attached hydrogens (primary N) is 2. The summed E-state index contributed by atoms with van der Waals surface area (Å²) in [6.07, 6.45) is 6.87. The van der Waals surface area contributed by atoms with Crippen LogP contribution in [0, 0.1) is 11.6 Å². The molecule has 0 saturated carbocycles. The van der Waals surface area contributed by atoms with Gasteiger partial charge in [0.2, 0.25) is 0 Å². The van der Waals surface area contributed by atoms with E-state index in [9.17, 15) is 13.6 Å². The minimum atomic E-state index is -0.677. The standard InChI is InChI=1S/C25H23F2N5OS/c26-17-4-1-5-18(27)22(17)15-10-21-24(31-12-15)23(25(29)34-21)20(33)9-14-11-30-7-6-19(14)32-8-2-3-16(28)13-32/h1,4-7,10-12,16H,2-3,8-9,13,28-29H2/t16-/m0/s1. The van der Waals surface area contributed by atoms with Gasteiger partial charge in [-0.1, -0.05) is 6.07 Å². The van der Waals surface area contributed by atoms with Crippen molar-refractivity contribution in [2.24, 2.45) is 5.73 Å². The summed E-state index contributed by atoms with van der Waals surface area (Å²) in [6.45, 7) is 1.60. The van der Waals surface area contributed by atoms with E-state index in [-0.39, 0.29) is 23.8 Å². The van der Waals surface area contributed by atoms with Gasteiger partial charge in [-0.2, -0.15) is 0 Å². The molecular weight excluding hydrogens is 456 g/mol. The van der Waals surface area contributed by atoms with Crippen molar-refractivity contribution in [1.29, 1.82) is 0 Å². The second-order valence-electron chi connectivity index (χ2n) is 8.46. The normalized spacial score (nSPS) is 16.2. The maximum Gasteiger partial charge on any atom is 0.172 e. The van der Waals surface area contributed by atoms with Gasteiger partial charge in [-0.25, -0.2) is 8.78 Å². The molecule has 1 aliphatic heterocycles. The molecule has 0 aliphatic carbocycles. The predicted molar refractivity (Wildman–Crippen MR) is 131 cm³/mol. The van der Waals surface area contributed by atoms with Crippen molar-refractivity contribution in [3.8, 4) is 11.1 Å². The van der Waals surface area contributed by atoms with E-state index in [2.05, 4.69) is 14.9 Å². The van der Waals surface area contributed by atoms with Crippen LogP contribution in [0.3, 0.4) is 0 Å². The average Bonchev–Trinajstić information content (AvgIpc) is 3.14. The number of Topliss-reactive ketones (excluding diaryl/α,β-unsaturated/α-hetero) is 1. The zero-order valence-corrected chi connectivity index (χ0v) is 19.1. The quantitative estimate of drug-likeness (QED) is 0.407. The molecule has 9 heteroatoms. The summed E-state index contributed by atoms with van der Waals surface area (Å²) in [5.41, 5.74) is 15.0. The van der Waals surface area contributed by atoms with Crippen molar-refractivity contribution in [3.63, 3.8) is 0 Å². The fourth-order valence-electron chi connectivity index (χ4n) is 4.53. The van der Waals surface area contributed by atoms with Crippen LogP contribution in [0.4, 0.5) is 19.5 Å². The molecule has 0 amide bonds. The summed E-state index contributed by atoms with van der Waals surface area (Å²) in [5, 5.41) is 0.323. The molecule has 174 valence electrons. The second-order valence-corrected chi connectivity index (χ2v) is 9.55. The number of nitrogen functional groups attached to an aromatic ring is 1. The SMILES string of the molecule is Nc1sc2cc(-c3c(F)cccc3F)cnc2c1C(=O)Cc1cnccc1N1CCC[C@H](N)C1. The van der Waals surface area contributed by atoms with Gasteiger partial charge in [0.05, 0.1) is 26.3 Å². The number of piperidine rings is 1. The number of ketones is 1. The Hall–Kier alpha value is -3.43. The number of halogens is 2. The molecule has 1 saturated heterocycles. The Bertz CT molecular complexity index is 1370. The number of rotatable bonds is 5. The number of carbonyl (C=O) groups excluding carboxylic acids is 1. The van der Waals surface area contributed by atoms with Gasteiger partial charge in [0, 0.05) is 61.0 Å². The fourth-order valence-corrected chi connectivity index (χ4v) is 5.52. The van der Waals surface area contributed by atoms with E-state index in [0.717, 1.165) is 37.2 Å². The van der Waals surface area contributed by atoms with E-state index < -0.39 is 11.6 Å². The van der Waals surface area contributed by atoms with Gasteiger partial charge < -0.3 is 16.4 Å².